The Balaban J connectivity index is 1.79. The van der Waals surface area contributed by atoms with E-state index in [1.165, 1.54) is 32.5 Å². The molecule has 2 heteroatoms. The fourth-order valence-corrected chi connectivity index (χ4v) is 3.46. The van der Waals surface area contributed by atoms with Gasteiger partial charge in [-0.05, 0) is 45.1 Å². The van der Waals surface area contributed by atoms with E-state index < -0.39 is 0 Å². The maximum atomic E-state index is 2.38. The molecular formula is C20H14BN. The van der Waals surface area contributed by atoms with Crippen LogP contribution in [0.5, 0.6) is 0 Å². The molecule has 0 atom stereocenters. The van der Waals surface area contributed by atoms with Crippen LogP contribution in [0, 0.1) is 0 Å². The topological polar surface area (TPSA) is 3.24 Å². The highest BCUT2D eigenvalue weighted by Gasteiger charge is 2.25. The van der Waals surface area contributed by atoms with E-state index in [0.717, 1.165) is 0 Å². The SMILES string of the molecule is C1=Cc2cc3ccccc3cc2N2C=c3ccccc3=CB12. The second-order valence-electron chi connectivity index (χ2n) is 5.94. The van der Waals surface area contributed by atoms with Gasteiger partial charge in [0.15, 0.2) is 0 Å². The molecule has 0 amide bonds. The summed E-state index contributed by atoms with van der Waals surface area (Å²) in [6.45, 7) is 0.309. The van der Waals surface area contributed by atoms with Gasteiger partial charge in [0, 0.05) is 5.69 Å². The maximum absolute atomic E-state index is 2.38. The molecule has 0 saturated carbocycles. The number of benzene rings is 3. The first-order valence-electron chi connectivity index (χ1n) is 7.67. The first kappa shape index (κ1) is 11.9. The molecule has 0 unspecified atom stereocenters. The Morgan fingerprint density at radius 3 is 2.36 bits per heavy atom. The number of fused-ring (bicyclic) bond motifs is 5. The summed E-state index contributed by atoms with van der Waals surface area (Å²) >= 11 is 0. The number of hydrogen-bond donors (Lipinski definition) is 0. The predicted molar refractivity (Wildman–Crippen MR) is 95.8 cm³/mol. The lowest BCUT2D eigenvalue weighted by Gasteiger charge is -2.31. The van der Waals surface area contributed by atoms with Gasteiger partial charge in [0.25, 0.3) is 0 Å². The highest BCUT2D eigenvalue weighted by Crippen LogP contribution is 2.33. The summed E-state index contributed by atoms with van der Waals surface area (Å²) in [5.74, 6) is 4.62. The van der Waals surface area contributed by atoms with E-state index in [4.69, 9.17) is 0 Å². The van der Waals surface area contributed by atoms with Crippen molar-refractivity contribution in [1.82, 2.24) is 0 Å². The van der Waals surface area contributed by atoms with E-state index in [1.54, 1.807) is 0 Å². The third kappa shape index (κ3) is 1.67. The van der Waals surface area contributed by atoms with Gasteiger partial charge < -0.3 is 4.81 Å². The monoisotopic (exact) mass is 279 g/mol. The second-order valence-corrected chi connectivity index (χ2v) is 5.94. The molecule has 0 bridgehead atoms. The van der Waals surface area contributed by atoms with Crippen molar-refractivity contribution >= 4 is 41.6 Å². The fraction of sp³-hybridized carbons (Fsp3) is 0. The van der Waals surface area contributed by atoms with Crippen LogP contribution in [-0.2, 0) is 0 Å². The Morgan fingerprint density at radius 1 is 0.773 bits per heavy atom. The quantitative estimate of drug-likeness (QED) is 0.572. The van der Waals surface area contributed by atoms with Gasteiger partial charge >= 0.3 is 6.85 Å². The van der Waals surface area contributed by atoms with Crippen LogP contribution in [0.3, 0.4) is 0 Å². The molecule has 0 fully saturated rings. The van der Waals surface area contributed by atoms with E-state index in [1.807, 2.05) is 0 Å². The summed E-state index contributed by atoms with van der Waals surface area (Å²) in [5.41, 5.74) is 2.58. The van der Waals surface area contributed by atoms with Crippen molar-refractivity contribution in [2.45, 2.75) is 0 Å². The average molecular weight is 279 g/mol. The molecule has 0 radical (unpaired) electrons. The Hall–Kier alpha value is -2.74. The molecule has 22 heavy (non-hydrogen) atoms. The first-order valence-corrected chi connectivity index (χ1v) is 7.67. The molecule has 2 aliphatic heterocycles. The lowest BCUT2D eigenvalue weighted by molar-refractivity contribution is 1.39. The minimum absolute atomic E-state index is 0.309. The van der Waals surface area contributed by atoms with E-state index >= 15 is 0 Å². The van der Waals surface area contributed by atoms with E-state index in [-0.39, 0.29) is 0 Å². The Kier molecular flexibility index (Phi) is 2.36. The number of rotatable bonds is 0. The van der Waals surface area contributed by atoms with Gasteiger partial charge in [0.05, 0.1) is 0 Å². The standard InChI is InChI=1S/C20H14BN/c1-2-6-16-12-20-17(11-15(16)5-1)9-10-21-13-18-7-3-4-8-19(18)14-22(20)21/h1-14H. The Labute approximate surface area is 129 Å². The first-order chi connectivity index (χ1) is 10.9. The van der Waals surface area contributed by atoms with Crippen molar-refractivity contribution in [3.05, 3.63) is 82.6 Å². The van der Waals surface area contributed by atoms with Crippen molar-refractivity contribution in [3.63, 3.8) is 0 Å². The molecule has 0 N–H and O–H groups in total. The lowest BCUT2D eigenvalue weighted by atomic mass is 9.56. The summed E-state index contributed by atoms with van der Waals surface area (Å²) in [4.78, 5) is 2.38. The lowest BCUT2D eigenvalue weighted by Crippen LogP contribution is -2.44. The van der Waals surface area contributed by atoms with Crippen LogP contribution in [0.4, 0.5) is 5.69 Å². The van der Waals surface area contributed by atoms with Crippen LogP contribution in [-0.4, -0.2) is 6.85 Å². The van der Waals surface area contributed by atoms with Crippen molar-refractivity contribution < 1.29 is 0 Å². The summed E-state index contributed by atoms with van der Waals surface area (Å²) < 4.78 is 0. The van der Waals surface area contributed by atoms with Crippen LogP contribution < -0.4 is 15.2 Å². The highest BCUT2D eigenvalue weighted by atomic mass is 15.1. The minimum Gasteiger partial charge on any atom is -0.383 e. The minimum atomic E-state index is 0.309. The smallest absolute Gasteiger partial charge is 0.313 e. The Morgan fingerprint density at radius 2 is 1.50 bits per heavy atom. The summed E-state index contributed by atoms with van der Waals surface area (Å²) in [5, 5.41) is 5.19. The van der Waals surface area contributed by atoms with Crippen molar-refractivity contribution in [1.29, 1.82) is 0 Å². The third-order valence-electron chi connectivity index (χ3n) is 4.59. The van der Waals surface area contributed by atoms with Gasteiger partial charge in [0.1, 0.15) is 0 Å². The Bertz CT molecular complexity index is 1050. The van der Waals surface area contributed by atoms with E-state index in [2.05, 4.69) is 89.7 Å². The molecule has 3 aromatic carbocycles. The van der Waals surface area contributed by atoms with Gasteiger partial charge in [-0.1, -0.05) is 66.6 Å². The highest BCUT2D eigenvalue weighted by molar-refractivity contribution is 6.83. The molecule has 5 rings (SSSR count). The van der Waals surface area contributed by atoms with Crippen LogP contribution in [0.25, 0.3) is 29.0 Å². The van der Waals surface area contributed by atoms with Gasteiger partial charge in [-0.3, -0.25) is 0 Å². The molecule has 2 heterocycles. The van der Waals surface area contributed by atoms with Crippen molar-refractivity contribution in [2.75, 3.05) is 4.81 Å². The zero-order valence-corrected chi connectivity index (χ0v) is 12.1. The van der Waals surface area contributed by atoms with Gasteiger partial charge in [-0.25, -0.2) is 0 Å². The molecule has 0 aromatic heterocycles. The third-order valence-corrected chi connectivity index (χ3v) is 4.59. The molecule has 2 aliphatic rings. The summed E-state index contributed by atoms with van der Waals surface area (Å²) in [6.07, 6.45) is 4.53. The molecule has 3 aromatic rings. The fourth-order valence-electron chi connectivity index (χ4n) is 3.46. The zero-order valence-electron chi connectivity index (χ0n) is 12.1. The molecule has 0 spiro atoms. The normalized spacial score (nSPS) is 14.7. The van der Waals surface area contributed by atoms with Gasteiger partial charge in [-0.2, -0.15) is 0 Å². The van der Waals surface area contributed by atoms with E-state index in [0.29, 0.717) is 6.85 Å². The van der Waals surface area contributed by atoms with Crippen LogP contribution >= 0.6 is 0 Å². The molecule has 0 saturated heterocycles. The van der Waals surface area contributed by atoms with E-state index in [9.17, 15) is 0 Å². The number of nitrogens with zero attached hydrogens (tertiary/aromatic N) is 1. The maximum Gasteiger partial charge on any atom is 0.313 e. The van der Waals surface area contributed by atoms with Crippen molar-refractivity contribution in [3.8, 4) is 0 Å². The summed E-state index contributed by atoms with van der Waals surface area (Å²) in [7, 11) is 0. The molecule has 102 valence electrons. The predicted octanol–water partition coefficient (Wildman–Crippen LogP) is 2.98. The average Bonchev–Trinajstić information content (AvgIpc) is 2.58. The summed E-state index contributed by atoms with van der Waals surface area (Å²) in [6, 6.07) is 21.7. The molecule has 1 nitrogen and oxygen atoms in total. The van der Waals surface area contributed by atoms with Crippen LogP contribution in [0.1, 0.15) is 5.56 Å². The van der Waals surface area contributed by atoms with Crippen LogP contribution in [0.15, 0.2) is 66.6 Å². The van der Waals surface area contributed by atoms with Crippen molar-refractivity contribution in [2.24, 2.45) is 0 Å². The zero-order chi connectivity index (χ0) is 14.5. The second kappa shape index (κ2) is 4.38. The van der Waals surface area contributed by atoms with Crippen LogP contribution in [0.2, 0.25) is 0 Å². The number of anilines is 1. The molecule has 0 aliphatic carbocycles. The van der Waals surface area contributed by atoms with Gasteiger partial charge in [-0.15, -0.1) is 0 Å². The molecular weight excluding hydrogens is 265 g/mol. The largest absolute Gasteiger partial charge is 0.383 e. The van der Waals surface area contributed by atoms with Gasteiger partial charge in [0.2, 0.25) is 0 Å². The number of hydrogen-bond acceptors (Lipinski definition) is 1.